The van der Waals surface area contributed by atoms with Gasteiger partial charge in [-0.3, -0.25) is 9.59 Å². The molecule has 0 spiro atoms. The molecular weight excluding hydrogens is 290 g/mol. The lowest BCUT2D eigenvalue weighted by Gasteiger charge is -2.24. The van der Waals surface area contributed by atoms with Gasteiger partial charge in [-0.1, -0.05) is 32.0 Å². The first-order chi connectivity index (χ1) is 10.6. The van der Waals surface area contributed by atoms with Gasteiger partial charge in [-0.15, -0.1) is 0 Å². The number of benzene rings is 1. The van der Waals surface area contributed by atoms with Crippen molar-refractivity contribution in [2.75, 3.05) is 6.54 Å². The molecule has 0 bridgehead atoms. The van der Waals surface area contributed by atoms with Gasteiger partial charge < -0.3 is 16.4 Å². The Hall–Kier alpha value is -1.88. The Labute approximate surface area is 139 Å². The van der Waals surface area contributed by atoms with Gasteiger partial charge in [-0.2, -0.15) is 0 Å². The van der Waals surface area contributed by atoms with Crippen LogP contribution in [0.15, 0.2) is 24.3 Å². The van der Waals surface area contributed by atoms with E-state index in [0.29, 0.717) is 18.5 Å². The number of carbonyl (C=O) groups is 2. The van der Waals surface area contributed by atoms with Gasteiger partial charge >= 0.3 is 0 Å². The van der Waals surface area contributed by atoms with Gasteiger partial charge in [0.2, 0.25) is 5.91 Å². The number of aryl methyl sites for hydroxylation is 1. The molecule has 4 N–H and O–H groups in total. The Morgan fingerprint density at radius 3 is 2.35 bits per heavy atom. The van der Waals surface area contributed by atoms with E-state index in [-0.39, 0.29) is 17.7 Å². The van der Waals surface area contributed by atoms with E-state index in [0.717, 1.165) is 5.56 Å². The Balaban J connectivity index is 2.80. The van der Waals surface area contributed by atoms with Crippen LogP contribution in [0.3, 0.4) is 0 Å². The maximum Gasteiger partial charge on any atom is 0.252 e. The van der Waals surface area contributed by atoms with Crippen LogP contribution in [0.5, 0.6) is 0 Å². The van der Waals surface area contributed by atoms with Gasteiger partial charge in [0.15, 0.2) is 0 Å². The third kappa shape index (κ3) is 6.82. The van der Waals surface area contributed by atoms with Crippen molar-refractivity contribution in [1.29, 1.82) is 0 Å². The van der Waals surface area contributed by atoms with Crippen LogP contribution in [0.1, 0.15) is 50.0 Å². The standard InChI is InChI=1S/C18H29N3O2/c1-12(2)10-15(17(23)20-11-18(4,5)19)21-16(22)14-9-7-6-8-13(14)3/h6-9,12,15H,10-11,19H2,1-5H3,(H,20,23)(H,21,22). The Bertz CT molecular complexity index is 547. The molecular formula is C18H29N3O2. The number of hydrogen-bond acceptors (Lipinski definition) is 3. The van der Waals surface area contributed by atoms with Crippen molar-refractivity contribution in [2.24, 2.45) is 11.7 Å². The number of nitrogens with one attached hydrogen (secondary N) is 2. The predicted octanol–water partition coefficient (Wildman–Crippen LogP) is 1.99. The summed E-state index contributed by atoms with van der Waals surface area (Å²) in [5.74, 6) is -0.135. The van der Waals surface area contributed by atoms with Gasteiger partial charge in [0.25, 0.3) is 5.91 Å². The fraction of sp³-hybridized carbons (Fsp3) is 0.556. The summed E-state index contributed by atoms with van der Waals surface area (Å²) in [6, 6.07) is 6.77. The first kappa shape index (κ1) is 19.2. The molecule has 2 amide bonds. The smallest absolute Gasteiger partial charge is 0.252 e. The minimum Gasteiger partial charge on any atom is -0.352 e. The summed E-state index contributed by atoms with van der Waals surface area (Å²) in [5.41, 5.74) is 6.88. The first-order valence-corrected chi connectivity index (χ1v) is 8.03. The van der Waals surface area contributed by atoms with Crippen LogP contribution in [0.2, 0.25) is 0 Å². The Kier molecular flexibility index (Phi) is 6.76. The number of carbonyl (C=O) groups excluding carboxylic acids is 2. The highest BCUT2D eigenvalue weighted by atomic mass is 16.2. The maximum absolute atomic E-state index is 12.4. The van der Waals surface area contributed by atoms with Gasteiger partial charge in [-0.05, 0) is 44.7 Å². The van der Waals surface area contributed by atoms with E-state index in [1.807, 2.05) is 52.8 Å². The lowest BCUT2D eigenvalue weighted by atomic mass is 10.0. The number of amides is 2. The van der Waals surface area contributed by atoms with E-state index in [4.69, 9.17) is 5.73 Å². The normalized spacial score (nSPS) is 12.8. The largest absolute Gasteiger partial charge is 0.352 e. The van der Waals surface area contributed by atoms with E-state index in [1.165, 1.54) is 0 Å². The van der Waals surface area contributed by atoms with E-state index in [2.05, 4.69) is 10.6 Å². The van der Waals surface area contributed by atoms with Crippen LogP contribution in [0.4, 0.5) is 0 Å². The highest BCUT2D eigenvalue weighted by Gasteiger charge is 2.24. The molecule has 0 aromatic heterocycles. The lowest BCUT2D eigenvalue weighted by molar-refractivity contribution is -0.123. The SMILES string of the molecule is Cc1ccccc1C(=O)NC(CC(C)C)C(=O)NCC(C)(C)N. The van der Waals surface area contributed by atoms with Crippen molar-refractivity contribution in [1.82, 2.24) is 10.6 Å². The monoisotopic (exact) mass is 319 g/mol. The third-order valence-electron chi connectivity index (χ3n) is 3.44. The van der Waals surface area contributed by atoms with Crippen LogP contribution in [0, 0.1) is 12.8 Å². The van der Waals surface area contributed by atoms with Crippen LogP contribution in [0.25, 0.3) is 0 Å². The Morgan fingerprint density at radius 2 is 1.83 bits per heavy atom. The maximum atomic E-state index is 12.4. The minimum absolute atomic E-state index is 0.195. The van der Waals surface area contributed by atoms with E-state index in [1.54, 1.807) is 6.07 Å². The average Bonchev–Trinajstić information content (AvgIpc) is 2.43. The van der Waals surface area contributed by atoms with Crippen molar-refractivity contribution in [2.45, 2.75) is 52.6 Å². The molecule has 5 nitrogen and oxygen atoms in total. The van der Waals surface area contributed by atoms with Gasteiger partial charge in [0.05, 0.1) is 0 Å². The van der Waals surface area contributed by atoms with Gasteiger partial charge in [-0.25, -0.2) is 0 Å². The van der Waals surface area contributed by atoms with E-state index >= 15 is 0 Å². The molecule has 5 heteroatoms. The quantitative estimate of drug-likeness (QED) is 0.718. The van der Waals surface area contributed by atoms with Crippen molar-refractivity contribution in [3.05, 3.63) is 35.4 Å². The first-order valence-electron chi connectivity index (χ1n) is 8.03. The molecule has 128 valence electrons. The van der Waals surface area contributed by atoms with Crippen LogP contribution >= 0.6 is 0 Å². The number of rotatable bonds is 7. The zero-order chi connectivity index (χ0) is 17.6. The van der Waals surface area contributed by atoms with Gasteiger partial charge in [0, 0.05) is 17.6 Å². The second-order valence-corrected chi connectivity index (χ2v) is 7.18. The van der Waals surface area contributed by atoms with Crippen LogP contribution in [-0.4, -0.2) is 29.9 Å². The molecule has 0 radical (unpaired) electrons. The molecule has 23 heavy (non-hydrogen) atoms. The number of nitrogens with two attached hydrogens (primary N) is 1. The lowest BCUT2D eigenvalue weighted by Crippen LogP contribution is -2.52. The molecule has 0 aliphatic rings. The zero-order valence-electron chi connectivity index (χ0n) is 14.8. The molecule has 0 aliphatic carbocycles. The summed E-state index contributed by atoms with van der Waals surface area (Å²) in [4.78, 5) is 24.8. The molecule has 1 atom stereocenters. The predicted molar refractivity (Wildman–Crippen MR) is 93.2 cm³/mol. The summed E-state index contributed by atoms with van der Waals surface area (Å²) in [7, 11) is 0. The minimum atomic E-state index is -0.565. The molecule has 0 fully saturated rings. The third-order valence-corrected chi connectivity index (χ3v) is 3.44. The second-order valence-electron chi connectivity index (χ2n) is 7.18. The molecule has 1 unspecified atom stereocenters. The van der Waals surface area contributed by atoms with Crippen LogP contribution < -0.4 is 16.4 Å². The molecule has 0 aliphatic heterocycles. The van der Waals surface area contributed by atoms with Crippen molar-refractivity contribution in [3.8, 4) is 0 Å². The summed E-state index contributed by atoms with van der Waals surface area (Å²) < 4.78 is 0. The summed E-state index contributed by atoms with van der Waals surface area (Å²) in [6.45, 7) is 9.97. The highest BCUT2D eigenvalue weighted by Crippen LogP contribution is 2.10. The zero-order valence-corrected chi connectivity index (χ0v) is 14.8. The van der Waals surface area contributed by atoms with E-state index < -0.39 is 11.6 Å². The average molecular weight is 319 g/mol. The molecule has 1 aromatic carbocycles. The summed E-state index contributed by atoms with van der Waals surface area (Å²) in [5, 5.41) is 5.67. The summed E-state index contributed by atoms with van der Waals surface area (Å²) >= 11 is 0. The molecule has 0 saturated carbocycles. The number of hydrogen-bond donors (Lipinski definition) is 3. The molecule has 1 rings (SSSR count). The van der Waals surface area contributed by atoms with Crippen molar-refractivity contribution < 1.29 is 9.59 Å². The topological polar surface area (TPSA) is 84.2 Å². The van der Waals surface area contributed by atoms with E-state index in [9.17, 15) is 9.59 Å². The van der Waals surface area contributed by atoms with Crippen molar-refractivity contribution >= 4 is 11.8 Å². The fourth-order valence-electron chi connectivity index (χ4n) is 2.20. The fourth-order valence-corrected chi connectivity index (χ4v) is 2.20. The second kappa shape index (κ2) is 8.11. The molecule has 0 heterocycles. The molecule has 1 aromatic rings. The molecule has 0 saturated heterocycles. The highest BCUT2D eigenvalue weighted by molar-refractivity contribution is 5.98. The van der Waals surface area contributed by atoms with Crippen LogP contribution in [-0.2, 0) is 4.79 Å². The summed E-state index contributed by atoms with van der Waals surface area (Å²) in [6.07, 6.45) is 0.578. The van der Waals surface area contributed by atoms with Gasteiger partial charge in [0.1, 0.15) is 6.04 Å². The van der Waals surface area contributed by atoms with Crippen molar-refractivity contribution in [3.63, 3.8) is 0 Å². The Morgan fingerprint density at radius 1 is 1.22 bits per heavy atom.